The van der Waals surface area contributed by atoms with E-state index in [9.17, 15) is 17.2 Å². The van der Waals surface area contributed by atoms with E-state index < -0.39 is 21.7 Å². The molecule has 11 heteroatoms. The highest BCUT2D eigenvalue weighted by Crippen LogP contribution is 2.33. The van der Waals surface area contributed by atoms with E-state index >= 15 is 0 Å². The third-order valence-corrected chi connectivity index (χ3v) is 7.99. The molecular formula is C21H21F2N3O4S2. The monoisotopic (exact) mass is 481 g/mol. The number of hydrogen-bond acceptors (Lipinski definition) is 7. The largest absolute Gasteiger partial charge is 0.497 e. The third kappa shape index (κ3) is 4.41. The third-order valence-electron chi connectivity index (χ3n) is 5.15. The molecule has 1 aliphatic heterocycles. The smallest absolute Gasteiger partial charge is 0.246 e. The Hall–Kier alpha value is -2.76. The van der Waals surface area contributed by atoms with Gasteiger partial charge >= 0.3 is 0 Å². The fourth-order valence-corrected chi connectivity index (χ4v) is 5.94. The molecule has 32 heavy (non-hydrogen) atoms. The number of sulfonamides is 1. The normalized spacial score (nSPS) is 15.1. The highest BCUT2D eigenvalue weighted by Gasteiger charge is 2.31. The Morgan fingerprint density at radius 2 is 1.66 bits per heavy atom. The second-order valence-electron chi connectivity index (χ2n) is 7.08. The molecule has 170 valence electrons. The van der Waals surface area contributed by atoms with Crippen molar-refractivity contribution in [3.8, 4) is 22.8 Å². The molecule has 0 atom stereocenters. The summed E-state index contributed by atoms with van der Waals surface area (Å²) in [5.74, 6) is -0.605. The van der Waals surface area contributed by atoms with Gasteiger partial charge in [0.05, 0.1) is 19.9 Å². The van der Waals surface area contributed by atoms with Crippen LogP contribution in [0.2, 0.25) is 0 Å². The first-order valence-electron chi connectivity index (χ1n) is 9.71. The molecule has 1 fully saturated rings. The zero-order valence-electron chi connectivity index (χ0n) is 17.4. The van der Waals surface area contributed by atoms with Crippen molar-refractivity contribution in [3.63, 3.8) is 0 Å². The molecule has 1 saturated heterocycles. The van der Waals surface area contributed by atoms with Gasteiger partial charge in [-0.15, -0.1) is 11.3 Å². The first kappa shape index (κ1) is 22.4. The Morgan fingerprint density at radius 3 is 2.28 bits per heavy atom. The van der Waals surface area contributed by atoms with Gasteiger partial charge in [-0.3, -0.25) is 0 Å². The standard InChI is InChI=1S/C21H21F2N3O4S2/c1-29-17-3-4-20(19(12-17)30-2)32(27,28)26-7-5-25(6-8-26)21-24-18(13-31-21)14-9-15(22)11-16(23)10-14/h3-4,9-13H,5-8H2,1-2H3. The predicted octanol–water partition coefficient (Wildman–Crippen LogP) is 3.62. The van der Waals surface area contributed by atoms with Crippen molar-refractivity contribution in [1.82, 2.24) is 9.29 Å². The Balaban J connectivity index is 1.48. The van der Waals surface area contributed by atoms with Gasteiger partial charge in [-0.25, -0.2) is 22.2 Å². The number of piperazine rings is 1. The van der Waals surface area contributed by atoms with Crippen LogP contribution in [0.3, 0.4) is 0 Å². The molecule has 1 aliphatic rings. The van der Waals surface area contributed by atoms with Gasteiger partial charge < -0.3 is 14.4 Å². The van der Waals surface area contributed by atoms with Crippen molar-refractivity contribution < 1.29 is 26.7 Å². The van der Waals surface area contributed by atoms with Crippen LogP contribution < -0.4 is 14.4 Å². The number of thiazole rings is 1. The number of ether oxygens (including phenoxy) is 2. The number of aromatic nitrogens is 1. The lowest BCUT2D eigenvalue weighted by molar-refractivity contribution is 0.370. The number of hydrogen-bond donors (Lipinski definition) is 0. The fourth-order valence-electron chi connectivity index (χ4n) is 3.49. The van der Waals surface area contributed by atoms with Crippen LogP contribution in [-0.4, -0.2) is 58.1 Å². The molecule has 0 N–H and O–H groups in total. The van der Waals surface area contributed by atoms with E-state index in [1.165, 1.54) is 54.1 Å². The second-order valence-corrected chi connectivity index (χ2v) is 9.82. The van der Waals surface area contributed by atoms with Crippen molar-refractivity contribution in [2.75, 3.05) is 45.3 Å². The molecule has 0 saturated carbocycles. The first-order chi connectivity index (χ1) is 15.3. The van der Waals surface area contributed by atoms with Crippen molar-refractivity contribution in [1.29, 1.82) is 0 Å². The molecule has 0 radical (unpaired) electrons. The molecule has 3 aromatic rings. The number of halogens is 2. The zero-order chi connectivity index (χ0) is 22.9. The number of anilines is 1. The summed E-state index contributed by atoms with van der Waals surface area (Å²) in [6.07, 6.45) is 0. The van der Waals surface area contributed by atoms with Crippen LogP contribution >= 0.6 is 11.3 Å². The summed E-state index contributed by atoms with van der Waals surface area (Å²) < 4.78 is 65.2. The van der Waals surface area contributed by atoms with Crippen LogP contribution in [0, 0.1) is 11.6 Å². The van der Waals surface area contributed by atoms with E-state index in [0.29, 0.717) is 35.2 Å². The molecule has 0 unspecified atom stereocenters. The lowest BCUT2D eigenvalue weighted by Crippen LogP contribution is -2.48. The molecule has 0 aliphatic carbocycles. The summed E-state index contributed by atoms with van der Waals surface area (Å²) in [5.41, 5.74) is 0.833. The molecule has 4 rings (SSSR count). The van der Waals surface area contributed by atoms with Crippen molar-refractivity contribution in [3.05, 3.63) is 53.4 Å². The van der Waals surface area contributed by atoms with Crippen molar-refractivity contribution in [2.24, 2.45) is 0 Å². The number of benzene rings is 2. The Bertz CT molecular complexity index is 1210. The van der Waals surface area contributed by atoms with Crippen LogP contribution in [0.1, 0.15) is 0 Å². The summed E-state index contributed by atoms with van der Waals surface area (Å²) in [5, 5.41) is 2.40. The van der Waals surface area contributed by atoms with Gasteiger partial charge in [-0.2, -0.15) is 4.31 Å². The molecule has 1 aromatic heterocycles. The fraction of sp³-hybridized carbons (Fsp3) is 0.286. The van der Waals surface area contributed by atoms with Gasteiger partial charge in [0.2, 0.25) is 10.0 Å². The van der Waals surface area contributed by atoms with Gasteiger partial charge in [-0.1, -0.05) is 0 Å². The summed E-state index contributed by atoms with van der Waals surface area (Å²) in [4.78, 5) is 6.53. The Kier molecular flexibility index (Phi) is 6.31. The Morgan fingerprint density at radius 1 is 0.969 bits per heavy atom. The van der Waals surface area contributed by atoms with Crippen molar-refractivity contribution in [2.45, 2.75) is 4.90 Å². The van der Waals surface area contributed by atoms with Gasteiger partial charge in [0.1, 0.15) is 28.0 Å². The van der Waals surface area contributed by atoms with Crippen molar-refractivity contribution >= 4 is 26.5 Å². The minimum absolute atomic E-state index is 0.0823. The topological polar surface area (TPSA) is 72.0 Å². The molecule has 2 heterocycles. The van der Waals surface area contributed by atoms with E-state index in [4.69, 9.17) is 9.47 Å². The quantitative estimate of drug-likeness (QED) is 0.536. The zero-order valence-corrected chi connectivity index (χ0v) is 19.0. The molecule has 0 bridgehead atoms. The van der Waals surface area contributed by atoms with Crippen LogP contribution in [-0.2, 0) is 10.0 Å². The highest BCUT2D eigenvalue weighted by atomic mass is 32.2. The summed E-state index contributed by atoms with van der Waals surface area (Å²) in [6.45, 7) is 1.40. The SMILES string of the molecule is COc1ccc(S(=O)(=O)N2CCN(c3nc(-c4cc(F)cc(F)c4)cs3)CC2)c(OC)c1. The number of methoxy groups -OCH3 is 2. The average molecular weight is 482 g/mol. The lowest BCUT2D eigenvalue weighted by atomic mass is 10.1. The summed E-state index contributed by atoms with van der Waals surface area (Å²) in [6, 6.07) is 7.87. The predicted molar refractivity (Wildman–Crippen MR) is 118 cm³/mol. The maximum Gasteiger partial charge on any atom is 0.246 e. The van der Waals surface area contributed by atoms with Gasteiger partial charge in [0, 0.05) is 49.3 Å². The summed E-state index contributed by atoms with van der Waals surface area (Å²) in [7, 11) is -0.847. The van der Waals surface area contributed by atoms with E-state index in [1.807, 2.05) is 4.90 Å². The first-order valence-corrected chi connectivity index (χ1v) is 12.0. The van der Waals surface area contributed by atoms with Crippen LogP contribution in [0.25, 0.3) is 11.3 Å². The van der Waals surface area contributed by atoms with E-state index in [1.54, 1.807) is 11.4 Å². The van der Waals surface area contributed by atoms with Gasteiger partial charge in [0.15, 0.2) is 5.13 Å². The average Bonchev–Trinajstić information content (AvgIpc) is 3.28. The molecule has 2 aromatic carbocycles. The number of nitrogens with zero attached hydrogens (tertiary/aromatic N) is 3. The van der Waals surface area contributed by atoms with Crippen LogP contribution in [0.5, 0.6) is 11.5 Å². The minimum atomic E-state index is -3.76. The minimum Gasteiger partial charge on any atom is -0.497 e. The number of rotatable bonds is 6. The highest BCUT2D eigenvalue weighted by molar-refractivity contribution is 7.89. The molecular weight excluding hydrogens is 460 g/mol. The van der Waals surface area contributed by atoms with Gasteiger partial charge in [0.25, 0.3) is 0 Å². The van der Waals surface area contributed by atoms with E-state index in [0.717, 1.165) is 6.07 Å². The van der Waals surface area contributed by atoms with Crippen LogP contribution in [0.15, 0.2) is 46.7 Å². The van der Waals surface area contributed by atoms with E-state index in [-0.39, 0.29) is 23.7 Å². The Labute approximate surface area is 188 Å². The maximum absolute atomic E-state index is 13.5. The molecule has 0 spiro atoms. The maximum atomic E-state index is 13.5. The summed E-state index contributed by atoms with van der Waals surface area (Å²) >= 11 is 1.35. The van der Waals surface area contributed by atoms with Gasteiger partial charge in [-0.05, 0) is 24.3 Å². The second kappa shape index (κ2) is 9.00. The molecule has 7 nitrogen and oxygen atoms in total. The lowest BCUT2D eigenvalue weighted by Gasteiger charge is -2.34. The van der Waals surface area contributed by atoms with E-state index in [2.05, 4.69) is 4.98 Å². The molecule has 0 amide bonds. The van der Waals surface area contributed by atoms with Crippen LogP contribution in [0.4, 0.5) is 13.9 Å².